The van der Waals surface area contributed by atoms with Crippen LogP contribution in [0.1, 0.15) is 13.8 Å². The van der Waals surface area contributed by atoms with Gasteiger partial charge >= 0.3 is 10.2 Å². The second-order valence-electron chi connectivity index (χ2n) is 4.05. The van der Waals surface area contributed by atoms with Gasteiger partial charge in [-0.15, -0.1) is 11.8 Å². The first kappa shape index (κ1) is 14.3. The Balaban J connectivity index is 2.99. The van der Waals surface area contributed by atoms with Gasteiger partial charge in [-0.25, -0.2) is 0 Å². The number of para-hydroxylation sites is 1. The SMILES string of the molecule is CC(C)Sc1ccccc1NS(=O)(=O)N(C)C. The van der Waals surface area contributed by atoms with Crippen LogP contribution in [-0.2, 0) is 10.2 Å². The van der Waals surface area contributed by atoms with Crippen molar-refractivity contribution in [2.75, 3.05) is 18.8 Å². The van der Waals surface area contributed by atoms with E-state index in [1.165, 1.54) is 14.1 Å². The summed E-state index contributed by atoms with van der Waals surface area (Å²) in [5.41, 5.74) is 0.625. The van der Waals surface area contributed by atoms with Crippen molar-refractivity contribution in [3.8, 4) is 0 Å². The van der Waals surface area contributed by atoms with Gasteiger partial charge in [-0.3, -0.25) is 4.72 Å². The average Bonchev–Trinajstić information content (AvgIpc) is 2.19. The van der Waals surface area contributed by atoms with E-state index in [2.05, 4.69) is 18.6 Å². The average molecular weight is 274 g/mol. The first-order valence-corrected chi connectivity index (χ1v) is 7.61. The molecule has 0 aliphatic heterocycles. The van der Waals surface area contributed by atoms with Gasteiger partial charge in [0.15, 0.2) is 0 Å². The summed E-state index contributed by atoms with van der Waals surface area (Å²) in [6.45, 7) is 4.14. The monoisotopic (exact) mass is 274 g/mol. The molecule has 4 nitrogen and oxygen atoms in total. The zero-order valence-corrected chi connectivity index (χ0v) is 12.1. The fraction of sp³-hybridized carbons (Fsp3) is 0.455. The van der Waals surface area contributed by atoms with Crippen LogP contribution in [0.15, 0.2) is 29.2 Å². The first-order chi connectivity index (χ1) is 7.83. The quantitative estimate of drug-likeness (QED) is 0.839. The van der Waals surface area contributed by atoms with Gasteiger partial charge in [0.25, 0.3) is 0 Å². The fourth-order valence-corrected chi connectivity index (χ4v) is 2.75. The Labute approximate surface area is 108 Å². The molecule has 17 heavy (non-hydrogen) atoms. The second kappa shape index (κ2) is 5.75. The van der Waals surface area contributed by atoms with E-state index in [-0.39, 0.29) is 0 Å². The molecule has 0 atom stereocenters. The summed E-state index contributed by atoms with van der Waals surface area (Å²) in [5.74, 6) is 0. The number of hydrogen-bond acceptors (Lipinski definition) is 3. The zero-order chi connectivity index (χ0) is 13.1. The first-order valence-electron chi connectivity index (χ1n) is 5.29. The van der Waals surface area contributed by atoms with E-state index in [0.29, 0.717) is 10.9 Å². The number of nitrogens with zero attached hydrogens (tertiary/aromatic N) is 1. The van der Waals surface area contributed by atoms with Crippen LogP contribution in [-0.4, -0.2) is 32.1 Å². The van der Waals surface area contributed by atoms with Crippen LogP contribution in [0, 0.1) is 0 Å². The van der Waals surface area contributed by atoms with E-state index < -0.39 is 10.2 Å². The largest absolute Gasteiger partial charge is 0.301 e. The van der Waals surface area contributed by atoms with Crippen molar-refractivity contribution in [2.45, 2.75) is 24.0 Å². The van der Waals surface area contributed by atoms with Gasteiger partial charge in [-0.05, 0) is 12.1 Å². The highest BCUT2D eigenvalue weighted by atomic mass is 32.2. The highest BCUT2D eigenvalue weighted by Gasteiger charge is 2.15. The molecule has 1 rings (SSSR count). The molecule has 0 saturated carbocycles. The third-order valence-electron chi connectivity index (χ3n) is 1.97. The topological polar surface area (TPSA) is 49.4 Å². The number of hydrogen-bond donors (Lipinski definition) is 1. The molecule has 1 aromatic carbocycles. The minimum absolute atomic E-state index is 0.403. The van der Waals surface area contributed by atoms with Gasteiger partial charge in [0.05, 0.1) is 5.69 Å². The maximum Gasteiger partial charge on any atom is 0.301 e. The Morgan fingerprint density at radius 3 is 2.35 bits per heavy atom. The highest BCUT2D eigenvalue weighted by Crippen LogP contribution is 2.30. The predicted molar refractivity (Wildman–Crippen MR) is 73.7 cm³/mol. The Kier molecular flexibility index (Phi) is 4.85. The Hall–Kier alpha value is -0.720. The molecule has 1 N–H and O–H groups in total. The van der Waals surface area contributed by atoms with Gasteiger partial charge in [0, 0.05) is 24.2 Å². The molecule has 0 aromatic heterocycles. The molecule has 0 aliphatic rings. The van der Waals surface area contributed by atoms with Crippen molar-refractivity contribution in [2.24, 2.45) is 0 Å². The van der Waals surface area contributed by atoms with Gasteiger partial charge < -0.3 is 0 Å². The molecule has 0 unspecified atom stereocenters. The predicted octanol–water partition coefficient (Wildman–Crippen LogP) is 2.41. The van der Waals surface area contributed by atoms with Crippen molar-refractivity contribution in [3.63, 3.8) is 0 Å². The van der Waals surface area contributed by atoms with Crippen LogP contribution in [0.25, 0.3) is 0 Å². The molecule has 0 heterocycles. The minimum atomic E-state index is -3.44. The summed E-state index contributed by atoms with van der Waals surface area (Å²) in [6, 6.07) is 7.40. The molecule has 1 aromatic rings. The van der Waals surface area contributed by atoms with E-state index in [1.807, 2.05) is 18.2 Å². The maximum absolute atomic E-state index is 11.7. The Bertz CT molecular complexity index is 470. The maximum atomic E-state index is 11.7. The lowest BCUT2D eigenvalue weighted by Gasteiger charge is -2.16. The molecule has 0 radical (unpaired) electrons. The smallest absolute Gasteiger partial charge is 0.270 e. The summed E-state index contributed by atoms with van der Waals surface area (Å²) in [7, 11) is -0.438. The molecule has 0 spiro atoms. The van der Waals surface area contributed by atoms with E-state index in [9.17, 15) is 8.42 Å². The van der Waals surface area contributed by atoms with E-state index in [4.69, 9.17) is 0 Å². The van der Waals surface area contributed by atoms with Crippen LogP contribution in [0.2, 0.25) is 0 Å². The van der Waals surface area contributed by atoms with Crippen molar-refractivity contribution < 1.29 is 8.42 Å². The Morgan fingerprint density at radius 1 is 1.24 bits per heavy atom. The van der Waals surface area contributed by atoms with Crippen LogP contribution in [0.5, 0.6) is 0 Å². The van der Waals surface area contributed by atoms with Crippen LogP contribution in [0.3, 0.4) is 0 Å². The summed E-state index contributed by atoms with van der Waals surface area (Å²) >= 11 is 1.63. The molecule has 96 valence electrons. The highest BCUT2D eigenvalue weighted by molar-refractivity contribution is 8.00. The van der Waals surface area contributed by atoms with Crippen LogP contribution < -0.4 is 4.72 Å². The van der Waals surface area contributed by atoms with Gasteiger partial charge in [-0.1, -0.05) is 26.0 Å². The minimum Gasteiger partial charge on any atom is -0.270 e. The van der Waals surface area contributed by atoms with Crippen molar-refractivity contribution in [1.82, 2.24) is 4.31 Å². The second-order valence-corrected chi connectivity index (χ2v) is 7.56. The van der Waals surface area contributed by atoms with Crippen molar-refractivity contribution in [3.05, 3.63) is 24.3 Å². The summed E-state index contributed by atoms with van der Waals surface area (Å²) in [4.78, 5) is 0.938. The summed E-state index contributed by atoms with van der Waals surface area (Å²) in [5, 5.41) is 0.403. The summed E-state index contributed by atoms with van der Waals surface area (Å²) in [6.07, 6.45) is 0. The van der Waals surface area contributed by atoms with Gasteiger partial charge in [0.1, 0.15) is 0 Å². The van der Waals surface area contributed by atoms with E-state index in [0.717, 1.165) is 9.20 Å². The normalized spacial score (nSPS) is 12.1. The van der Waals surface area contributed by atoms with Crippen LogP contribution in [0.4, 0.5) is 5.69 Å². The van der Waals surface area contributed by atoms with E-state index >= 15 is 0 Å². The zero-order valence-electron chi connectivity index (χ0n) is 10.5. The molecule has 0 amide bonds. The molecular weight excluding hydrogens is 256 g/mol. The molecule has 6 heteroatoms. The van der Waals surface area contributed by atoms with Crippen LogP contribution >= 0.6 is 11.8 Å². The number of thioether (sulfide) groups is 1. The van der Waals surface area contributed by atoms with Crippen molar-refractivity contribution >= 4 is 27.7 Å². The van der Waals surface area contributed by atoms with Crippen molar-refractivity contribution in [1.29, 1.82) is 0 Å². The molecule has 0 fully saturated rings. The molecule has 0 saturated heterocycles. The van der Waals surface area contributed by atoms with Gasteiger partial charge in [0.2, 0.25) is 0 Å². The molecular formula is C11H18N2O2S2. The van der Waals surface area contributed by atoms with E-state index in [1.54, 1.807) is 17.8 Å². The number of anilines is 1. The third kappa shape index (κ3) is 4.22. The third-order valence-corrected chi connectivity index (χ3v) is 4.49. The summed E-state index contributed by atoms with van der Waals surface area (Å²) < 4.78 is 27.2. The van der Waals surface area contributed by atoms with Gasteiger partial charge in [-0.2, -0.15) is 12.7 Å². The lowest BCUT2D eigenvalue weighted by Crippen LogP contribution is -2.29. The lowest BCUT2D eigenvalue weighted by atomic mass is 10.3. The molecule has 0 bridgehead atoms. The molecule has 0 aliphatic carbocycles. The fourth-order valence-electron chi connectivity index (χ4n) is 1.14. The Morgan fingerprint density at radius 2 is 1.82 bits per heavy atom. The number of nitrogens with one attached hydrogen (secondary N) is 1. The lowest BCUT2D eigenvalue weighted by molar-refractivity contribution is 0.526. The standard InChI is InChI=1S/C11H18N2O2S2/c1-9(2)16-11-8-6-5-7-10(11)12-17(14,15)13(3)4/h5-9,12H,1-4H3. The number of benzene rings is 1. The number of rotatable bonds is 5.